The molecule has 3 nitrogen and oxygen atoms in total. The van der Waals surface area contributed by atoms with Crippen LogP contribution in [0.25, 0.3) is 0 Å². The highest BCUT2D eigenvalue weighted by molar-refractivity contribution is 9.10. The molecule has 0 saturated carbocycles. The number of ether oxygens (including phenoxy) is 2. The van der Waals surface area contributed by atoms with Gasteiger partial charge in [-0.25, -0.2) is 4.39 Å². The summed E-state index contributed by atoms with van der Waals surface area (Å²) in [5.41, 5.74) is 6.97. The van der Waals surface area contributed by atoms with E-state index in [4.69, 9.17) is 15.2 Å². The number of halogens is 2. The third-order valence-electron chi connectivity index (χ3n) is 2.73. The van der Waals surface area contributed by atoms with Gasteiger partial charge in [0.1, 0.15) is 5.75 Å². The van der Waals surface area contributed by atoms with Crippen molar-refractivity contribution in [2.45, 2.75) is 13.8 Å². The smallest absolute Gasteiger partial charge is 0.167 e. The van der Waals surface area contributed by atoms with Gasteiger partial charge in [-0.2, -0.15) is 0 Å². The number of benzene rings is 2. The Balaban J connectivity index is 2.37. The molecule has 0 unspecified atom stereocenters. The first-order valence-corrected chi connectivity index (χ1v) is 6.96. The van der Waals surface area contributed by atoms with E-state index in [9.17, 15) is 4.39 Å². The van der Waals surface area contributed by atoms with Gasteiger partial charge >= 0.3 is 0 Å². The molecule has 2 rings (SSSR count). The first-order valence-electron chi connectivity index (χ1n) is 6.17. The molecule has 0 aliphatic heterocycles. The Kier molecular flexibility index (Phi) is 4.49. The third-order valence-corrected chi connectivity index (χ3v) is 3.23. The molecule has 0 aromatic heterocycles. The summed E-state index contributed by atoms with van der Waals surface area (Å²) in [6.07, 6.45) is 0. The van der Waals surface area contributed by atoms with Gasteiger partial charge in [0.25, 0.3) is 0 Å². The Morgan fingerprint density at radius 1 is 1.15 bits per heavy atom. The van der Waals surface area contributed by atoms with Crippen LogP contribution < -0.4 is 15.2 Å². The maximum atomic E-state index is 13.6. The average molecular weight is 340 g/mol. The van der Waals surface area contributed by atoms with Crippen molar-refractivity contribution in [1.29, 1.82) is 0 Å². The van der Waals surface area contributed by atoms with Gasteiger partial charge in [0, 0.05) is 16.6 Å². The summed E-state index contributed by atoms with van der Waals surface area (Å²) < 4.78 is 25.5. The number of anilines is 1. The number of nitrogens with two attached hydrogens (primary N) is 1. The second-order valence-electron chi connectivity index (χ2n) is 4.27. The van der Waals surface area contributed by atoms with E-state index in [0.717, 1.165) is 10.0 Å². The summed E-state index contributed by atoms with van der Waals surface area (Å²) in [6, 6.07) is 8.34. The Morgan fingerprint density at radius 2 is 1.90 bits per heavy atom. The van der Waals surface area contributed by atoms with Crippen LogP contribution >= 0.6 is 15.9 Å². The maximum absolute atomic E-state index is 13.6. The van der Waals surface area contributed by atoms with Crippen molar-refractivity contribution in [1.82, 2.24) is 0 Å². The van der Waals surface area contributed by atoms with Crippen molar-refractivity contribution in [2.75, 3.05) is 12.3 Å². The van der Waals surface area contributed by atoms with Crippen LogP contribution in [0.15, 0.2) is 34.8 Å². The van der Waals surface area contributed by atoms with Crippen molar-refractivity contribution in [3.8, 4) is 17.2 Å². The van der Waals surface area contributed by atoms with E-state index < -0.39 is 5.82 Å². The normalized spacial score (nSPS) is 10.4. The zero-order chi connectivity index (χ0) is 14.7. The van der Waals surface area contributed by atoms with Gasteiger partial charge in [-0.3, -0.25) is 0 Å². The van der Waals surface area contributed by atoms with Gasteiger partial charge in [-0.1, -0.05) is 22.0 Å². The zero-order valence-electron chi connectivity index (χ0n) is 11.2. The molecule has 2 aromatic rings. The molecule has 0 bridgehead atoms. The molecule has 0 heterocycles. The van der Waals surface area contributed by atoms with Crippen molar-refractivity contribution in [3.05, 3.63) is 46.2 Å². The average Bonchev–Trinajstić information content (AvgIpc) is 2.39. The molecule has 106 valence electrons. The van der Waals surface area contributed by atoms with E-state index in [2.05, 4.69) is 15.9 Å². The highest BCUT2D eigenvalue weighted by Gasteiger charge is 2.12. The van der Waals surface area contributed by atoms with Crippen LogP contribution in [-0.4, -0.2) is 6.61 Å². The lowest BCUT2D eigenvalue weighted by molar-refractivity contribution is 0.319. The predicted octanol–water partition coefficient (Wildman–Crippen LogP) is 4.67. The number of rotatable bonds is 4. The molecule has 0 spiro atoms. The molecule has 0 aliphatic carbocycles. The number of hydrogen-bond acceptors (Lipinski definition) is 3. The second-order valence-corrected chi connectivity index (χ2v) is 5.18. The van der Waals surface area contributed by atoms with E-state index >= 15 is 0 Å². The van der Waals surface area contributed by atoms with E-state index in [-0.39, 0.29) is 11.4 Å². The first kappa shape index (κ1) is 14.7. The number of hydrogen-bond donors (Lipinski definition) is 1. The SMILES string of the molecule is CCOc1cc(Oc2cc(Br)ccc2C)c(N)cc1F. The van der Waals surface area contributed by atoms with Crippen LogP contribution in [0.2, 0.25) is 0 Å². The Labute approximate surface area is 125 Å². The van der Waals surface area contributed by atoms with E-state index in [1.807, 2.05) is 25.1 Å². The molecule has 0 saturated heterocycles. The summed E-state index contributed by atoms with van der Waals surface area (Å²) in [6.45, 7) is 4.08. The summed E-state index contributed by atoms with van der Waals surface area (Å²) in [4.78, 5) is 0. The first-order chi connectivity index (χ1) is 9.51. The van der Waals surface area contributed by atoms with Gasteiger partial charge in [0.05, 0.1) is 12.3 Å². The molecule has 0 fully saturated rings. The summed E-state index contributed by atoms with van der Waals surface area (Å²) >= 11 is 3.38. The van der Waals surface area contributed by atoms with Gasteiger partial charge in [-0.15, -0.1) is 0 Å². The van der Waals surface area contributed by atoms with Crippen LogP contribution in [-0.2, 0) is 0 Å². The van der Waals surface area contributed by atoms with Gasteiger partial charge in [-0.05, 0) is 31.5 Å². The van der Waals surface area contributed by atoms with Crippen LogP contribution in [0.4, 0.5) is 10.1 Å². The number of aryl methyl sites for hydroxylation is 1. The molecule has 5 heteroatoms. The maximum Gasteiger partial charge on any atom is 0.167 e. The van der Waals surface area contributed by atoms with Gasteiger partial charge in [0.2, 0.25) is 0 Å². The molecular formula is C15H15BrFNO2. The van der Waals surface area contributed by atoms with Crippen LogP contribution in [0.5, 0.6) is 17.2 Å². The summed E-state index contributed by atoms with van der Waals surface area (Å²) in [7, 11) is 0. The lowest BCUT2D eigenvalue weighted by atomic mass is 10.2. The van der Waals surface area contributed by atoms with Crippen LogP contribution in [0.1, 0.15) is 12.5 Å². The Hall–Kier alpha value is -1.75. The fraction of sp³-hybridized carbons (Fsp3) is 0.200. The topological polar surface area (TPSA) is 44.5 Å². The molecule has 0 radical (unpaired) electrons. The van der Waals surface area contributed by atoms with Crippen molar-refractivity contribution in [2.24, 2.45) is 0 Å². The van der Waals surface area contributed by atoms with E-state index in [1.165, 1.54) is 12.1 Å². The Morgan fingerprint density at radius 3 is 2.60 bits per heavy atom. The summed E-state index contributed by atoms with van der Waals surface area (Å²) in [5.74, 6) is 0.656. The lowest BCUT2D eigenvalue weighted by Gasteiger charge is -2.13. The molecule has 2 N–H and O–H groups in total. The molecule has 0 amide bonds. The van der Waals surface area contributed by atoms with Crippen LogP contribution in [0, 0.1) is 12.7 Å². The van der Waals surface area contributed by atoms with Gasteiger partial charge < -0.3 is 15.2 Å². The molecule has 0 atom stereocenters. The summed E-state index contributed by atoms with van der Waals surface area (Å²) in [5, 5.41) is 0. The van der Waals surface area contributed by atoms with E-state index in [0.29, 0.717) is 18.1 Å². The molecule has 2 aromatic carbocycles. The largest absolute Gasteiger partial charge is 0.491 e. The van der Waals surface area contributed by atoms with Crippen molar-refractivity contribution >= 4 is 21.6 Å². The molecular weight excluding hydrogens is 325 g/mol. The lowest BCUT2D eigenvalue weighted by Crippen LogP contribution is -1.99. The van der Waals surface area contributed by atoms with Crippen molar-refractivity contribution < 1.29 is 13.9 Å². The minimum absolute atomic E-state index is 0.129. The van der Waals surface area contributed by atoms with E-state index in [1.54, 1.807) is 6.92 Å². The third kappa shape index (κ3) is 3.22. The predicted molar refractivity (Wildman–Crippen MR) is 80.9 cm³/mol. The zero-order valence-corrected chi connectivity index (χ0v) is 12.8. The van der Waals surface area contributed by atoms with Crippen LogP contribution in [0.3, 0.4) is 0 Å². The second kappa shape index (κ2) is 6.13. The monoisotopic (exact) mass is 339 g/mol. The fourth-order valence-corrected chi connectivity index (χ4v) is 2.05. The molecule has 0 aliphatic rings. The highest BCUT2D eigenvalue weighted by Crippen LogP contribution is 2.35. The molecule has 20 heavy (non-hydrogen) atoms. The number of nitrogen functional groups attached to an aromatic ring is 1. The quantitative estimate of drug-likeness (QED) is 0.823. The van der Waals surface area contributed by atoms with Gasteiger partial charge in [0.15, 0.2) is 17.3 Å². The Bertz CT molecular complexity index is 632. The standard InChI is InChI=1S/C15H15BrFNO2/c1-3-19-14-8-15(12(18)7-11(14)17)20-13-6-10(16)5-4-9(13)2/h4-8H,3,18H2,1-2H3. The minimum Gasteiger partial charge on any atom is -0.491 e. The highest BCUT2D eigenvalue weighted by atomic mass is 79.9. The fourth-order valence-electron chi connectivity index (χ4n) is 1.71. The van der Waals surface area contributed by atoms with Crippen molar-refractivity contribution in [3.63, 3.8) is 0 Å². The minimum atomic E-state index is -0.498.